The first-order valence-electron chi connectivity index (χ1n) is 2.25. The lowest BCUT2D eigenvalue weighted by atomic mass is 10.5. The highest BCUT2D eigenvalue weighted by Crippen LogP contribution is 2.26. The zero-order valence-corrected chi connectivity index (χ0v) is 8.46. The minimum Gasteiger partial charge on any atom is -0.429 e. The van der Waals surface area contributed by atoms with Gasteiger partial charge in [-0.25, -0.2) is 4.79 Å². The average Bonchev–Trinajstić information content (AvgIpc) is 1.93. The third-order valence-electron chi connectivity index (χ3n) is 0.851. The van der Waals surface area contributed by atoms with E-state index < -0.39 is 5.63 Å². The molecular formula is C5HBr2ClO2. The Morgan fingerprint density at radius 3 is 2.50 bits per heavy atom. The van der Waals surface area contributed by atoms with Gasteiger partial charge in [0.1, 0.15) is 10.7 Å². The van der Waals surface area contributed by atoms with Crippen LogP contribution in [0.3, 0.4) is 0 Å². The Morgan fingerprint density at radius 1 is 1.40 bits per heavy atom. The summed E-state index contributed by atoms with van der Waals surface area (Å²) in [5.74, 6) is 0. The van der Waals surface area contributed by atoms with Crippen LogP contribution in [0.25, 0.3) is 0 Å². The van der Waals surface area contributed by atoms with Gasteiger partial charge in [-0.15, -0.1) is 0 Å². The molecule has 54 valence electrons. The first-order chi connectivity index (χ1) is 4.63. The van der Waals surface area contributed by atoms with Gasteiger partial charge < -0.3 is 4.42 Å². The largest absolute Gasteiger partial charge is 0.429 e. The summed E-state index contributed by atoms with van der Waals surface area (Å²) in [4.78, 5) is 10.7. The monoisotopic (exact) mass is 286 g/mol. The van der Waals surface area contributed by atoms with E-state index in [0.29, 0.717) is 14.0 Å². The summed E-state index contributed by atoms with van der Waals surface area (Å²) < 4.78 is 5.33. The van der Waals surface area contributed by atoms with Crippen LogP contribution < -0.4 is 5.63 Å². The molecule has 0 unspecified atom stereocenters. The highest BCUT2D eigenvalue weighted by Gasteiger charge is 2.06. The lowest BCUT2D eigenvalue weighted by Gasteiger charge is -1.93. The molecule has 2 nitrogen and oxygen atoms in total. The van der Waals surface area contributed by atoms with Crippen molar-refractivity contribution in [3.05, 3.63) is 30.7 Å². The maximum Gasteiger partial charge on any atom is 0.351 e. The van der Waals surface area contributed by atoms with Crippen LogP contribution in [0.5, 0.6) is 0 Å². The summed E-state index contributed by atoms with van der Waals surface area (Å²) in [6, 6.07) is 0. The van der Waals surface area contributed by atoms with Crippen molar-refractivity contribution < 1.29 is 4.42 Å². The maximum absolute atomic E-state index is 10.7. The normalized spacial score (nSPS) is 9.90. The minimum atomic E-state index is -0.448. The van der Waals surface area contributed by atoms with Gasteiger partial charge in [-0.1, -0.05) is 11.6 Å². The topological polar surface area (TPSA) is 30.2 Å². The van der Waals surface area contributed by atoms with Crippen molar-refractivity contribution in [2.24, 2.45) is 0 Å². The molecule has 0 saturated heterocycles. The number of rotatable bonds is 0. The molecule has 5 heteroatoms. The van der Waals surface area contributed by atoms with E-state index in [2.05, 4.69) is 36.3 Å². The Labute approximate surface area is 78.4 Å². The number of halogens is 3. The molecule has 0 aromatic carbocycles. The zero-order chi connectivity index (χ0) is 7.72. The van der Waals surface area contributed by atoms with Crippen molar-refractivity contribution in [2.45, 2.75) is 0 Å². The van der Waals surface area contributed by atoms with Crippen LogP contribution in [0.1, 0.15) is 0 Å². The van der Waals surface area contributed by atoms with Crippen LogP contribution in [0, 0.1) is 0 Å². The highest BCUT2D eigenvalue weighted by atomic mass is 79.9. The molecule has 0 N–H and O–H groups in total. The zero-order valence-electron chi connectivity index (χ0n) is 4.53. The van der Waals surface area contributed by atoms with Gasteiger partial charge in [-0.2, -0.15) is 0 Å². The molecule has 0 aliphatic heterocycles. The van der Waals surface area contributed by atoms with E-state index in [9.17, 15) is 4.79 Å². The quantitative estimate of drug-likeness (QED) is 0.735. The van der Waals surface area contributed by atoms with Gasteiger partial charge in [0, 0.05) is 0 Å². The molecule has 0 radical (unpaired) electrons. The van der Waals surface area contributed by atoms with Crippen LogP contribution in [0.2, 0.25) is 5.02 Å². The van der Waals surface area contributed by atoms with Gasteiger partial charge >= 0.3 is 5.63 Å². The van der Waals surface area contributed by atoms with E-state index in [4.69, 9.17) is 11.6 Å². The Bertz CT molecular complexity index is 307. The molecular weight excluding hydrogens is 287 g/mol. The predicted molar refractivity (Wildman–Crippen MR) is 45.4 cm³/mol. The molecule has 0 aliphatic rings. The third kappa shape index (κ3) is 1.44. The fraction of sp³-hybridized carbons (Fsp3) is 0. The van der Waals surface area contributed by atoms with Crippen LogP contribution in [-0.2, 0) is 0 Å². The van der Waals surface area contributed by atoms with Gasteiger partial charge in [0.25, 0.3) is 0 Å². The van der Waals surface area contributed by atoms with E-state index in [-0.39, 0.29) is 0 Å². The molecule has 1 aromatic heterocycles. The lowest BCUT2D eigenvalue weighted by molar-refractivity contribution is 0.505. The first kappa shape index (κ1) is 8.30. The second-order valence-electron chi connectivity index (χ2n) is 1.50. The molecule has 1 rings (SSSR count). The van der Waals surface area contributed by atoms with Crippen LogP contribution in [0.15, 0.2) is 24.4 Å². The van der Waals surface area contributed by atoms with Gasteiger partial charge in [0.2, 0.25) is 0 Å². The molecule has 1 aromatic rings. The maximum atomic E-state index is 10.7. The summed E-state index contributed by atoms with van der Waals surface area (Å²) in [6.45, 7) is 0. The smallest absolute Gasteiger partial charge is 0.351 e. The Morgan fingerprint density at radius 2 is 2.00 bits per heavy atom. The fourth-order valence-electron chi connectivity index (χ4n) is 0.403. The van der Waals surface area contributed by atoms with Crippen molar-refractivity contribution in [2.75, 3.05) is 0 Å². The summed E-state index contributed by atoms with van der Waals surface area (Å²) in [5, 5.41) is 0.367. The second-order valence-corrected chi connectivity index (χ2v) is 3.49. The number of hydrogen-bond acceptors (Lipinski definition) is 2. The average molecular weight is 288 g/mol. The standard InChI is InChI=1S/C5HBr2ClO2/c6-3-2(8)1-10-5(9)4(3)7/h1H. The van der Waals surface area contributed by atoms with E-state index in [1.807, 2.05) is 0 Å². The molecule has 0 amide bonds. The molecule has 0 aliphatic carbocycles. The highest BCUT2D eigenvalue weighted by molar-refractivity contribution is 9.13. The Balaban J connectivity index is 3.49. The van der Waals surface area contributed by atoms with Gasteiger partial charge in [0.05, 0.1) is 9.50 Å². The summed E-state index contributed by atoms with van der Waals surface area (Å²) in [5.41, 5.74) is -0.448. The van der Waals surface area contributed by atoms with Crippen molar-refractivity contribution in [1.29, 1.82) is 0 Å². The van der Waals surface area contributed by atoms with Crippen LogP contribution in [0.4, 0.5) is 0 Å². The predicted octanol–water partition coefficient (Wildman–Crippen LogP) is 2.82. The SMILES string of the molecule is O=c1occ(Cl)c(Br)c1Br. The molecule has 1 heterocycles. The third-order valence-corrected chi connectivity index (χ3v) is 3.43. The molecule has 0 spiro atoms. The van der Waals surface area contributed by atoms with Crippen molar-refractivity contribution in [1.82, 2.24) is 0 Å². The van der Waals surface area contributed by atoms with E-state index >= 15 is 0 Å². The van der Waals surface area contributed by atoms with Crippen LogP contribution >= 0.6 is 43.5 Å². The second kappa shape index (κ2) is 3.07. The summed E-state index contributed by atoms with van der Waals surface area (Å²) in [7, 11) is 0. The molecule has 0 atom stereocenters. The van der Waals surface area contributed by atoms with Gasteiger partial charge in [-0.05, 0) is 31.9 Å². The Hall–Kier alpha value is 0.200. The molecule has 10 heavy (non-hydrogen) atoms. The lowest BCUT2D eigenvalue weighted by Crippen LogP contribution is -1.98. The number of hydrogen-bond donors (Lipinski definition) is 0. The van der Waals surface area contributed by atoms with Gasteiger partial charge in [-0.3, -0.25) is 0 Å². The van der Waals surface area contributed by atoms with E-state index in [1.54, 1.807) is 0 Å². The molecule has 0 saturated carbocycles. The van der Waals surface area contributed by atoms with Crippen molar-refractivity contribution in [3.8, 4) is 0 Å². The summed E-state index contributed by atoms with van der Waals surface area (Å²) in [6.07, 6.45) is 1.18. The van der Waals surface area contributed by atoms with E-state index in [0.717, 1.165) is 0 Å². The van der Waals surface area contributed by atoms with Crippen molar-refractivity contribution in [3.63, 3.8) is 0 Å². The van der Waals surface area contributed by atoms with Crippen LogP contribution in [-0.4, -0.2) is 0 Å². The summed E-state index contributed by atoms with van der Waals surface area (Å²) >= 11 is 11.7. The van der Waals surface area contributed by atoms with E-state index in [1.165, 1.54) is 6.26 Å². The van der Waals surface area contributed by atoms with Crippen molar-refractivity contribution >= 4 is 43.5 Å². The Kier molecular flexibility index (Phi) is 2.55. The van der Waals surface area contributed by atoms with Gasteiger partial charge in [0.15, 0.2) is 0 Å². The molecule has 0 bridgehead atoms. The minimum absolute atomic E-state index is 0.306. The molecule has 0 fully saturated rings. The fourth-order valence-corrected chi connectivity index (χ4v) is 1.22. The first-order valence-corrected chi connectivity index (χ1v) is 4.21.